The number of hydrogen-bond acceptors (Lipinski definition) is 6. The molecule has 9 heteroatoms. The third-order valence-corrected chi connectivity index (χ3v) is 7.04. The number of nitrogens with zero attached hydrogens (tertiary/aromatic N) is 1. The third-order valence-electron chi connectivity index (χ3n) is 5.54. The van der Waals surface area contributed by atoms with Gasteiger partial charge in [-0.25, -0.2) is 13.2 Å². The summed E-state index contributed by atoms with van der Waals surface area (Å²) in [6, 6.07) is 13.1. The van der Waals surface area contributed by atoms with Gasteiger partial charge in [-0.3, -0.25) is 4.79 Å². The first-order chi connectivity index (χ1) is 14.4. The number of piperidine rings is 1. The van der Waals surface area contributed by atoms with Gasteiger partial charge < -0.3 is 15.0 Å². The molecule has 8 nitrogen and oxygen atoms in total. The lowest BCUT2D eigenvalue weighted by Crippen LogP contribution is -2.54. The van der Waals surface area contributed by atoms with Crippen molar-refractivity contribution in [1.82, 2.24) is 9.62 Å². The summed E-state index contributed by atoms with van der Waals surface area (Å²) in [4.78, 5) is 26.5. The van der Waals surface area contributed by atoms with Gasteiger partial charge in [-0.2, -0.15) is 4.72 Å². The zero-order valence-electron chi connectivity index (χ0n) is 16.5. The zero-order chi connectivity index (χ0) is 21.3. The van der Waals surface area contributed by atoms with Crippen LogP contribution in [0.2, 0.25) is 0 Å². The minimum Gasteiger partial charge on any atom is -0.465 e. The predicted octanol–water partition coefficient (Wildman–Crippen LogP) is 2.06. The highest BCUT2D eigenvalue weighted by atomic mass is 32.2. The Kier molecular flexibility index (Phi) is 5.48. The Morgan fingerprint density at radius 3 is 2.50 bits per heavy atom. The Balaban J connectivity index is 1.48. The van der Waals surface area contributed by atoms with Gasteiger partial charge in [-0.1, -0.05) is 12.1 Å². The maximum absolute atomic E-state index is 13.0. The van der Waals surface area contributed by atoms with Gasteiger partial charge in [0.15, 0.2) is 0 Å². The van der Waals surface area contributed by atoms with Crippen LogP contribution in [0.4, 0.5) is 5.69 Å². The van der Waals surface area contributed by atoms with E-state index < -0.39 is 22.2 Å². The molecule has 0 aromatic heterocycles. The number of ether oxygens (including phenoxy) is 1. The second-order valence-electron chi connectivity index (χ2n) is 7.46. The maximum atomic E-state index is 13.0. The van der Waals surface area contributed by atoms with Crippen LogP contribution in [-0.4, -0.2) is 51.6 Å². The molecule has 4 rings (SSSR count). The number of sulfonamides is 1. The van der Waals surface area contributed by atoms with Crippen LogP contribution in [0.1, 0.15) is 33.6 Å². The van der Waals surface area contributed by atoms with Crippen LogP contribution < -0.4 is 10.0 Å². The van der Waals surface area contributed by atoms with Crippen LogP contribution in [0.15, 0.2) is 53.4 Å². The summed E-state index contributed by atoms with van der Waals surface area (Å²) in [5, 5.41) is 3.27. The van der Waals surface area contributed by atoms with Crippen molar-refractivity contribution in [3.63, 3.8) is 0 Å². The fourth-order valence-corrected chi connectivity index (χ4v) is 5.36. The SMILES string of the molecule is COC(=O)c1ccc(C(=O)N2CCCC(C3Nc4ccccc4S(=O)(=O)N3)C2)cc1. The van der Waals surface area contributed by atoms with Crippen molar-refractivity contribution in [3.8, 4) is 0 Å². The number of para-hydroxylation sites is 1. The van der Waals surface area contributed by atoms with Gasteiger partial charge in [0.2, 0.25) is 10.0 Å². The number of hydrogen-bond donors (Lipinski definition) is 2. The molecular formula is C21H23N3O5S. The summed E-state index contributed by atoms with van der Waals surface area (Å²) in [6.07, 6.45) is 1.09. The molecule has 0 radical (unpaired) electrons. The molecule has 0 bridgehead atoms. The number of methoxy groups -OCH3 is 1. The fourth-order valence-electron chi connectivity index (χ4n) is 3.98. The molecule has 0 saturated carbocycles. The van der Waals surface area contributed by atoms with E-state index in [9.17, 15) is 18.0 Å². The molecule has 1 amide bonds. The highest BCUT2D eigenvalue weighted by Crippen LogP contribution is 2.30. The Hall–Kier alpha value is -2.91. The molecule has 2 unspecified atom stereocenters. The molecule has 158 valence electrons. The van der Waals surface area contributed by atoms with Crippen LogP contribution in [0.25, 0.3) is 0 Å². The van der Waals surface area contributed by atoms with E-state index in [2.05, 4.69) is 14.8 Å². The monoisotopic (exact) mass is 429 g/mol. The van der Waals surface area contributed by atoms with Crippen LogP contribution in [0.3, 0.4) is 0 Å². The van der Waals surface area contributed by atoms with Crippen molar-refractivity contribution >= 4 is 27.6 Å². The molecule has 2 aliphatic rings. The first kappa shape index (κ1) is 20.4. The number of benzene rings is 2. The number of likely N-dealkylation sites (tertiary alicyclic amines) is 1. The number of anilines is 1. The summed E-state index contributed by atoms with van der Waals surface area (Å²) >= 11 is 0. The predicted molar refractivity (Wildman–Crippen MR) is 111 cm³/mol. The number of rotatable bonds is 3. The van der Waals surface area contributed by atoms with Crippen molar-refractivity contribution in [3.05, 3.63) is 59.7 Å². The molecule has 30 heavy (non-hydrogen) atoms. The highest BCUT2D eigenvalue weighted by Gasteiger charge is 2.36. The lowest BCUT2D eigenvalue weighted by Gasteiger charge is -2.39. The van der Waals surface area contributed by atoms with E-state index in [0.29, 0.717) is 29.9 Å². The van der Waals surface area contributed by atoms with Crippen molar-refractivity contribution in [1.29, 1.82) is 0 Å². The topological polar surface area (TPSA) is 105 Å². The van der Waals surface area contributed by atoms with Crippen molar-refractivity contribution in [2.75, 3.05) is 25.5 Å². The lowest BCUT2D eigenvalue weighted by atomic mass is 9.94. The molecule has 2 atom stereocenters. The summed E-state index contributed by atoms with van der Waals surface area (Å²) in [7, 11) is -2.30. The van der Waals surface area contributed by atoms with E-state index in [1.807, 2.05) is 0 Å². The van der Waals surface area contributed by atoms with Gasteiger partial charge in [0, 0.05) is 24.6 Å². The van der Waals surface area contributed by atoms with Crippen LogP contribution in [0, 0.1) is 5.92 Å². The van der Waals surface area contributed by atoms with E-state index >= 15 is 0 Å². The second kappa shape index (κ2) is 8.08. The minimum atomic E-state index is -3.61. The first-order valence-electron chi connectivity index (χ1n) is 9.74. The molecule has 2 aromatic carbocycles. The van der Waals surface area contributed by atoms with Gasteiger partial charge in [-0.15, -0.1) is 0 Å². The average Bonchev–Trinajstić information content (AvgIpc) is 2.78. The zero-order valence-corrected chi connectivity index (χ0v) is 17.3. The van der Waals surface area contributed by atoms with E-state index in [0.717, 1.165) is 12.8 Å². The van der Waals surface area contributed by atoms with Gasteiger partial charge in [-0.05, 0) is 49.2 Å². The molecule has 2 N–H and O–H groups in total. The first-order valence-corrected chi connectivity index (χ1v) is 11.2. The van der Waals surface area contributed by atoms with Crippen molar-refractivity contribution in [2.45, 2.75) is 23.9 Å². The molecule has 1 saturated heterocycles. The fraction of sp³-hybridized carbons (Fsp3) is 0.333. The lowest BCUT2D eigenvalue weighted by molar-refractivity contribution is 0.0598. The number of carbonyl (C=O) groups is 2. The van der Waals surface area contributed by atoms with Crippen LogP contribution >= 0.6 is 0 Å². The third kappa shape index (κ3) is 3.90. The number of carbonyl (C=O) groups excluding carboxylic acids is 2. The molecule has 2 aliphatic heterocycles. The quantitative estimate of drug-likeness (QED) is 0.724. The maximum Gasteiger partial charge on any atom is 0.337 e. The Bertz CT molecular complexity index is 1070. The van der Waals surface area contributed by atoms with E-state index in [1.165, 1.54) is 7.11 Å². The van der Waals surface area contributed by atoms with E-state index in [1.54, 1.807) is 53.4 Å². The van der Waals surface area contributed by atoms with Crippen molar-refractivity contribution < 1.29 is 22.7 Å². The number of esters is 1. The normalized spacial score (nSPS) is 22.5. The number of fused-ring (bicyclic) bond motifs is 1. The Labute approximate surface area is 175 Å². The molecule has 0 spiro atoms. The summed E-state index contributed by atoms with van der Waals surface area (Å²) in [5.41, 5.74) is 1.43. The van der Waals surface area contributed by atoms with Crippen LogP contribution in [-0.2, 0) is 14.8 Å². The van der Waals surface area contributed by atoms with Crippen LogP contribution in [0.5, 0.6) is 0 Å². The summed E-state index contributed by atoms with van der Waals surface area (Å²) < 4.78 is 32.6. The van der Waals surface area contributed by atoms with Gasteiger partial charge in [0.05, 0.1) is 24.5 Å². The molecule has 2 aromatic rings. The Morgan fingerprint density at radius 2 is 1.77 bits per heavy atom. The minimum absolute atomic E-state index is 0.0693. The van der Waals surface area contributed by atoms with E-state index in [-0.39, 0.29) is 16.7 Å². The van der Waals surface area contributed by atoms with Gasteiger partial charge in [0.1, 0.15) is 4.90 Å². The molecule has 1 fully saturated rings. The molecular weight excluding hydrogens is 406 g/mol. The van der Waals surface area contributed by atoms with Gasteiger partial charge >= 0.3 is 5.97 Å². The number of nitrogens with one attached hydrogen (secondary N) is 2. The summed E-state index contributed by atoms with van der Waals surface area (Å²) in [5.74, 6) is -0.668. The van der Waals surface area contributed by atoms with Crippen molar-refractivity contribution in [2.24, 2.45) is 5.92 Å². The summed E-state index contributed by atoms with van der Waals surface area (Å²) in [6.45, 7) is 1.03. The smallest absolute Gasteiger partial charge is 0.337 e. The van der Waals surface area contributed by atoms with E-state index in [4.69, 9.17) is 0 Å². The standard InChI is InChI=1S/C21H23N3O5S/c1-29-21(26)15-10-8-14(9-11-15)20(25)24-12-4-5-16(13-24)19-22-17-6-2-3-7-18(17)30(27,28)23-19/h2-3,6-11,16,19,22-23H,4-5,12-13H2,1H3. The molecule has 0 aliphatic carbocycles. The average molecular weight is 429 g/mol. The number of amides is 1. The molecule has 2 heterocycles. The highest BCUT2D eigenvalue weighted by molar-refractivity contribution is 7.89. The van der Waals surface area contributed by atoms with Gasteiger partial charge in [0.25, 0.3) is 5.91 Å². The Morgan fingerprint density at radius 1 is 1.07 bits per heavy atom. The second-order valence-corrected chi connectivity index (χ2v) is 9.14. The largest absolute Gasteiger partial charge is 0.465 e.